The number of nitrogens with one attached hydrogen (secondary N) is 1. The van der Waals surface area contributed by atoms with Gasteiger partial charge in [0.1, 0.15) is 6.17 Å². The zero-order valence-corrected chi connectivity index (χ0v) is 13.5. The van der Waals surface area contributed by atoms with Crippen LogP contribution in [0.2, 0.25) is 0 Å². The zero-order valence-electron chi connectivity index (χ0n) is 13.5. The number of ether oxygens (including phenoxy) is 1. The molecule has 128 valence electrons. The molecule has 1 saturated heterocycles. The van der Waals surface area contributed by atoms with Gasteiger partial charge in [-0.2, -0.15) is 0 Å². The Balaban J connectivity index is 1.75. The van der Waals surface area contributed by atoms with E-state index in [0.717, 1.165) is 11.1 Å². The second-order valence-corrected chi connectivity index (χ2v) is 5.83. The molecule has 1 aliphatic rings. The highest BCUT2D eigenvalue weighted by atomic mass is 19.1. The molecule has 5 nitrogen and oxygen atoms in total. The van der Waals surface area contributed by atoms with Gasteiger partial charge in [0.2, 0.25) is 5.91 Å². The molecule has 1 heterocycles. The lowest BCUT2D eigenvalue weighted by Gasteiger charge is -2.21. The zero-order chi connectivity index (χ0) is 16.7. The lowest BCUT2D eigenvalue weighted by atomic mass is 10.1. The van der Waals surface area contributed by atoms with E-state index in [9.17, 15) is 14.3 Å². The van der Waals surface area contributed by atoms with Crippen molar-refractivity contribution in [2.45, 2.75) is 38.7 Å². The monoisotopic (exact) mass is 324 g/mol. The third kappa shape index (κ3) is 5.57. The van der Waals surface area contributed by atoms with Gasteiger partial charge >= 0.3 is 0 Å². The van der Waals surface area contributed by atoms with E-state index in [2.05, 4.69) is 5.32 Å². The minimum absolute atomic E-state index is 0.116. The van der Waals surface area contributed by atoms with E-state index in [-0.39, 0.29) is 31.6 Å². The molecule has 2 rings (SSSR count). The lowest BCUT2D eigenvalue weighted by Crippen LogP contribution is -2.41. The van der Waals surface area contributed by atoms with Crippen molar-refractivity contribution in [2.24, 2.45) is 0 Å². The Labute approximate surface area is 136 Å². The number of aliphatic hydroxyl groups is 1. The van der Waals surface area contributed by atoms with Crippen LogP contribution < -0.4 is 5.32 Å². The number of alkyl halides is 1. The lowest BCUT2D eigenvalue weighted by molar-refractivity contribution is -0.122. The summed E-state index contributed by atoms with van der Waals surface area (Å²) in [5, 5.41) is 12.0. The number of likely N-dealkylation sites (tertiary alicyclic amines) is 1. The number of hydrogen-bond donors (Lipinski definition) is 2. The summed E-state index contributed by atoms with van der Waals surface area (Å²) in [6.45, 7) is 3.88. The van der Waals surface area contributed by atoms with Gasteiger partial charge in [0, 0.05) is 25.7 Å². The van der Waals surface area contributed by atoms with Crippen LogP contribution in [0, 0.1) is 0 Å². The van der Waals surface area contributed by atoms with E-state index in [1.54, 1.807) is 4.90 Å². The Morgan fingerprint density at radius 2 is 2.09 bits per heavy atom. The van der Waals surface area contributed by atoms with Crippen LogP contribution in [-0.4, -0.2) is 54.4 Å². The van der Waals surface area contributed by atoms with Crippen LogP contribution in [0.4, 0.5) is 4.39 Å². The summed E-state index contributed by atoms with van der Waals surface area (Å²) in [5.41, 5.74) is 2.10. The minimum atomic E-state index is -0.960. The molecule has 1 aliphatic heterocycles. The van der Waals surface area contributed by atoms with E-state index in [1.807, 2.05) is 31.2 Å². The van der Waals surface area contributed by atoms with Gasteiger partial charge in [0.05, 0.1) is 19.8 Å². The summed E-state index contributed by atoms with van der Waals surface area (Å²) in [6.07, 6.45) is -0.664. The summed E-state index contributed by atoms with van der Waals surface area (Å²) in [7, 11) is 0. The maximum absolute atomic E-state index is 13.3. The van der Waals surface area contributed by atoms with Crippen LogP contribution in [0.1, 0.15) is 24.5 Å². The normalized spacial score (nSPS) is 21.5. The number of carbonyl (C=O) groups is 1. The average molecular weight is 324 g/mol. The Kier molecular flexibility index (Phi) is 6.95. The van der Waals surface area contributed by atoms with Crippen LogP contribution in [0.3, 0.4) is 0 Å². The average Bonchev–Trinajstić information content (AvgIpc) is 2.91. The molecular formula is C17H25FN2O3. The molecular weight excluding hydrogens is 299 g/mol. The molecule has 0 radical (unpaired) electrons. The van der Waals surface area contributed by atoms with Crippen molar-refractivity contribution in [1.82, 2.24) is 10.2 Å². The molecule has 0 unspecified atom stereocenters. The first-order chi connectivity index (χ1) is 11.1. The van der Waals surface area contributed by atoms with Crippen molar-refractivity contribution in [2.75, 3.05) is 26.3 Å². The Hall–Kier alpha value is -1.50. The molecule has 0 spiro atoms. The van der Waals surface area contributed by atoms with Crippen molar-refractivity contribution in [1.29, 1.82) is 0 Å². The standard InChI is InChI=1S/C17H25FN2O3/c1-2-23-12-14-5-3-13(4-6-14)8-19-17(22)10-20-9-15(18)7-16(20)11-21/h3-6,15-16,21H,2,7-12H2,1H3,(H,19,22)/t15-,16-/m0/s1. The Morgan fingerprint density at radius 1 is 1.39 bits per heavy atom. The van der Waals surface area contributed by atoms with Gasteiger partial charge in [-0.05, 0) is 24.5 Å². The smallest absolute Gasteiger partial charge is 0.234 e. The summed E-state index contributed by atoms with van der Waals surface area (Å²) < 4.78 is 18.7. The van der Waals surface area contributed by atoms with Gasteiger partial charge in [-0.1, -0.05) is 24.3 Å². The maximum Gasteiger partial charge on any atom is 0.234 e. The number of benzene rings is 1. The van der Waals surface area contributed by atoms with Crippen LogP contribution in [0.15, 0.2) is 24.3 Å². The highest BCUT2D eigenvalue weighted by molar-refractivity contribution is 5.78. The topological polar surface area (TPSA) is 61.8 Å². The first-order valence-electron chi connectivity index (χ1n) is 8.03. The van der Waals surface area contributed by atoms with Crippen molar-refractivity contribution in [3.05, 3.63) is 35.4 Å². The van der Waals surface area contributed by atoms with Crippen LogP contribution >= 0.6 is 0 Å². The predicted molar refractivity (Wildman–Crippen MR) is 85.6 cm³/mol. The summed E-state index contributed by atoms with van der Waals surface area (Å²) in [4.78, 5) is 13.7. The van der Waals surface area contributed by atoms with Crippen molar-refractivity contribution < 1.29 is 19.0 Å². The van der Waals surface area contributed by atoms with Crippen molar-refractivity contribution in [3.8, 4) is 0 Å². The fourth-order valence-corrected chi connectivity index (χ4v) is 2.72. The minimum Gasteiger partial charge on any atom is -0.395 e. The number of nitrogens with zero attached hydrogens (tertiary/aromatic N) is 1. The number of rotatable bonds is 8. The molecule has 2 atom stereocenters. The van der Waals surface area contributed by atoms with Crippen LogP contribution in [-0.2, 0) is 22.7 Å². The molecule has 23 heavy (non-hydrogen) atoms. The van der Waals surface area contributed by atoms with Gasteiger partial charge in [0.25, 0.3) is 0 Å². The van der Waals surface area contributed by atoms with Gasteiger partial charge in [-0.15, -0.1) is 0 Å². The number of carbonyl (C=O) groups excluding carboxylic acids is 1. The first-order valence-corrected chi connectivity index (χ1v) is 8.03. The fraction of sp³-hybridized carbons (Fsp3) is 0.588. The maximum atomic E-state index is 13.3. The van der Waals surface area contributed by atoms with E-state index in [4.69, 9.17) is 4.74 Å². The molecule has 1 amide bonds. The van der Waals surface area contributed by atoms with Crippen molar-refractivity contribution >= 4 is 5.91 Å². The van der Waals surface area contributed by atoms with Crippen LogP contribution in [0.25, 0.3) is 0 Å². The molecule has 1 fully saturated rings. The molecule has 1 aromatic rings. The third-order valence-electron chi connectivity index (χ3n) is 4.02. The van der Waals surface area contributed by atoms with Gasteiger partial charge < -0.3 is 15.2 Å². The Morgan fingerprint density at radius 3 is 2.74 bits per heavy atom. The highest BCUT2D eigenvalue weighted by Crippen LogP contribution is 2.19. The third-order valence-corrected chi connectivity index (χ3v) is 4.02. The SMILES string of the molecule is CCOCc1ccc(CNC(=O)CN2C[C@@H](F)C[C@H]2CO)cc1. The second-order valence-electron chi connectivity index (χ2n) is 5.83. The Bertz CT molecular complexity index is 495. The largest absolute Gasteiger partial charge is 0.395 e. The first kappa shape index (κ1) is 17.8. The van der Waals surface area contributed by atoms with Gasteiger partial charge in [-0.25, -0.2) is 4.39 Å². The molecule has 2 N–H and O–H groups in total. The molecule has 0 saturated carbocycles. The number of halogens is 1. The second kappa shape index (κ2) is 8.96. The van der Waals surface area contributed by atoms with Gasteiger partial charge in [-0.3, -0.25) is 9.69 Å². The van der Waals surface area contributed by atoms with E-state index >= 15 is 0 Å². The molecule has 1 aromatic carbocycles. The molecule has 0 aromatic heterocycles. The van der Waals surface area contributed by atoms with Gasteiger partial charge in [0.15, 0.2) is 0 Å². The van der Waals surface area contributed by atoms with Crippen LogP contribution in [0.5, 0.6) is 0 Å². The number of amides is 1. The summed E-state index contributed by atoms with van der Waals surface area (Å²) >= 11 is 0. The van der Waals surface area contributed by atoms with E-state index in [1.165, 1.54) is 0 Å². The van der Waals surface area contributed by atoms with E-state index in [0.29, 0.717) is 26.2 Å². The molecule has 0 aliphatic carbocycles. The summed E-state index contributed by atoms with van der Waals surface area (Å²) in [5.74, 6) is -0.157. The quantitative estimate of drug-likeness (QED) is 0.755. The fourth-order valence-electron chi connectivity index (χ4n) is 2.72. The number of aliphatic hydroxyl groups excluding tert-OH is 1. The summed E-state index contributed by atoms with van der Waals surface area (Å²) in [6, 6.07) is 7.62. The molecule has 0 bridgehead atoms. The van der Waals surface area contributed by atoms with Crippen molar-refractivity contribution in [3.63, 3.8) is 0 Å². The highest BCUT2D eigenvalue weighted by Gasteiger charge is 2.32. The predicted octanol–water partition coefficient (Wildman–Crippen LogP) is 1.24. The molecule has 6 heteroatoms. The van der Waals surface area contributed by atoms with E-state index < -0.39 is 6.17 Å². The number of hydrogen-bond acceptors (Lipinski definition) is 4.